The van der Waals surface area contributed by atoms with Crippen LogP contribution < -0.4 is 0 Å². The molecular weight excluding hydrogens is 136 g/mol. The highest BCUT2D eigenvalue weighted by Crippen LogP contribution is 2.08. The van der Waals surface area contributed by atoms with Crippen LogP contribution in [0, 0.1) is 0 Å². The molecule has 1 rings (SSSR count). The molecule has 3 nitrogen and oxygen atoms in total. The molecule has 48 valence electrons. The maximum Gasteiger partial charge on any atom is 0.128 e. The van der Waals surface area contributed by atoms with Crippen LogP contribution in [0.4, 0.5) is 0 Å². The number of carbonyl (C=O) groups is 1. The van der Waals surface area contributed by atoms with Gasteiger partial charge in [-0.2, -0.15) is 0 Å². The van der Waals surface area contributed by atoms with E-state index in [0.29, 0.717) is 0 Å². The van der Waals surface area contributed by atoms with Crippen molar-refractivity contribution in [2.45, 2.75) is 12.8 Å². The lowest BCUT2D eigenvalue weighted by Crippen LogP contribution is -1.93. The van der Waals surface area contributed by atoms with Crippen LogP contribution in [0.3, 0.4) is 0 Å². The lowest BCUT2D eigenvalue weighted by molar-refractivity contribution is -0.108. The molecular formula is C5H6N2OS. The zero-order valence-corrected chi connectivity index (χ0v) is 5.76. The van der Waals surface area contributed by atoms with Crippen molar-refractivity contribution >= 4 is 17.8 Å². The average molecular weight is 142 g/mol. The average Bonchev–Trinajstić information content (AvgIpc) is 2.37. The van der Waals surface area contributed by atoms with Crippen LogP contribution in [0.1, 0.15) is 18.5 Å². The number of hydrogen-bond acceptors (Lipinski definition) is 4. The Labute approximate surface area is 56.9 Å². The zero-order chi connectivity index (χ0) is 6.69. The first-order chi connectivity index (χ1) is 4.34. The van der Waals surface area contributed by atoms with E-state index < -0.39 is 0 Å². The van der Waals surface area contributed by atoms with E-state index in [2.05, 4.69) is 9.59 Å². The molecule has 0 fully saturated rings. The molecule has 0 saturated heterocycles. The van der Waals surface area contributed by atoms with Crippen molar-refractivity contribution in [1.82, 2.24) is 9.59 Å². The van der Waals surface area contributed by atoms with Gasteiger partial charge < -0.3 is 4.79 Å². The fourth-order valence-corrected chi connectivity index (χ4v) is 0.998. The molecule has 1 atom stereocenters. The van der Waals surface area contributed by atoms with Crippen molar-refractivity contribution in [3.63, 3.8) is 0 Å². The molecule has 0 aliphatic rings. The number of aromatic nitrogens is 2. The van der Waals surface area contributed by atoms with Crippen molar-refractivity contribution in [1.29, 1.82) is 0 Å². The molecule has 1 aromatic heterocycles. The molecule has 0 bridgehead atoms. The molecule has 0 spiro atoms. The van der Waals surface area contributed by atoms with Gasteiger partial charge in [-0.1, -0.05) is 11.4 Å². The maximum atomic E-state index is 10.1. The molecule has 0 N–H and O–H groups in total. The molecule has 0 aliphatic carbocycles. The van der Waals surface area contributed by atoms with Gasteiger partial charge in [0, 0.05) is 5.38 Å². The Morgan fingerprint density at radius 2 is 2.67 bits per heavy atom. The van der Waals surface area contributed by atoms with Gasteiger partial charge >= 0.3 is 0 Å². The van der Waals surface area contributed by atoms with Crippen LogP contribution >= 0.6 is 11.5 Å². The minimum atomic E-state index is -0.108. The van der Waals surface area contributed by atoms with Crippen molar-refractivity contribution in [3.05, 3.63) is 11.1 Å². The van der Waals surface area contributed by atoms with Crippen LogP contribution in [0.2, 0.25) is 0 Å². The van der Waals surface area contributed by atoms with Gasteiger partial charge in [0.15, 0.2) is 0 Å². The van der Waals surface area contributed by atoms with Crippen LogP contribution in [-0.4, -0.2) is 15.9 Å². The highest BCUT2D eigenvalue weighted by Gasteiger charge is 2.04. The predicted octanol–water partition coefficient (Wildman–Crippen LogP) is 0.841. The Morgan fingerprint density at radius 1 is 1.89 bits per heavy atom. The Balaban J connectivity index is 2.76. The Kier molecular flexibility index (Phi) is 1.89. The third-order valence-corrected chi connectivity index (χ3v) is 1.57. The quantitative estimate of drug-likeness (QED) is 0.575. The maximum absolute atomic E-state index is 10.1. The lowest BCUT2D eigenvalue weighted by Gasteiger charge is -1.91. The van der Waals surface area contributed by atoms with Gasteiger partial charge in [-0.05, 0) is 11.5 Å². The van der Waals surface area contributed by atoms with Crippen molar-refractivity contribution in [3.8, 4) is 0 Å². The van der Waals surface area contributed by atoms with Gasteiger partial charge in [0.1, 0.15) is 6.29 Å². The summed E-state index contributed by atoms with van der Waals surface area (Å²) in [4.78, 5) is 10.1. The van der Waals surface area contributed by atoms with Gasteiger partial charge in [-0.15, -0.1) is 5.10 Å². The van der Waals surface area contributed by atoms with Crippen LogP contribution in [-0.2, 0) is 4.79 Å². The summed E-state index contributed by atoms with van der Waals surface area (Å²) in [5.74, 6) is -0.108. The molecule has 0 radical (unpaired) electrons. The van der Waals surface area contributed by atoms with E-state index in [1.165, 1.54) is 11.5 Å². The molecule has 1 unspecified atom stereocenters. The molecule has 1 aromatic rings. The van der Waals surface area contributed by atoms with E-state index >= 15 is 0 Å². The Bertz CT molecular complexity index is 185. The third-order valence-electron chi connectivity index (χ3n) is 1.05. The molecule has 4 heteroatoms. The van der Waals surface area contributed by atoms with Crippen molar-refractivity contribution < 1.29 is 4.79 Å². The number of aldehydes is 1. The summed E-state index contributed by atoms with van der Waals surface area (Å²) in [7, 11) is 0. The fourth-order valence-electron chi connectivity index (χ4n) is 0.440. The summed E-state index contributed by atoms with van der Waals surface area (Å²) in [5, 5.41) is 5.50. The minimum Gasteiger partial charge on any atom is -0.303 e. The second kappa shape index (κ2) is 2.68. The van der Waals surface area contributed by atoms with E-state index in [-0.39, 0.29) is 5.92 Å². The highest BCUT2D eigenvalue weighted by atomic mass is 32.1. The van der Waals surface area contributed by atoms with Crippen molar-refractivity contribution in [2.75, 3.05) is 0 Å². The Morgan fingerprint density at radius 3 is 3.11 bits per heavy atom. The molecule has 1 heterocycles. The molecule has 0 aliphatic heterocycles. The second-order valence-corrected chi connectivity index (χ2v) is 2.36. The summed E-state index contributed by atoms with van der Waals surface area (Å²) in [6.45, 7) is 1.80. The fraction of sp³-hybridized carbons (Fsp3) is 0.400. The van der Waals surface area contributed by atoms with Gasteiger partial charge in [0.2, 0.25) is 0 Å². The largest absolute Gasteiger partial charge is 0.303 e. The molecule has 0 amide bonds. The van der Waals surface area contributed by atoms with E-state index in [0.717, 1.165) is 12.0 Å². The topological polar surface area (TPSA) is 42.9 Å². The first kappa shape index (κ1) is 6.35. The van der Waals surface area contributed by atoms with Crippen LogP contribution in [0.25, 0.3) is 0 Å². The molecule has 9 heavy (non-hydrogen) atoms. The number of nitrogens with zero attached hydrogens (tertiary/aromatic N) is 2. The van der Waals surface area contributed by atoms with Gasteiger partial charge in [-0.25, -0.2) is 0 Å². The number of rotatable bonds is 2. The Hall–Kier alpha value is -0.770. The standard InChI is InChI=1S/C5H6N2OS/c1-4(2-8)5-3-9-7-6-5/h2-4H,1H3. The molecule has 0 aromatic carbocycles. The summed E-state index contributed by atoms with van der Waals surface area (Å²) >= 11 is 1.26. The van der Waals surface area contributed by atoms with Gasteiger partial charge in [-0.3, -0.25) is 0 Å². The second-order valence-electron chi connectivity index (χ2n) is 1.75. The summed E-state index contributed by atoms with van der Waals surface area (Å²) in [6, 6.07) is 0. The monoisotopic (exact) mass is 142 g/mol. The van der Waals surface area contributed by atoms with E-state index in [9.17, 15) is 4.79 Å². The van der Waals surface area contributed by atoms with Crippen molar-refractivity contribution in [2.24, 2.45) is 0 Å². The smallest absolute Gasteiger partial charge is 0.128 e. The van der Waals surface area contributed by atoms with E-state index in [1.807, 2.05) is 0 Å². The normalized spacial score (nSPS) is 13.0. The summed E-state index contributed by atoms with van der Waals surface area (Å²) < 4.78 is 3.62. The summed E-state index contributed by atoms with van der Waals surface area (Å²) in [5.41, 5.74) is 0.759. The summed E-state index contributed by atoms with van der Waals surface area (Å²) in [6.07, 6.45) is 0.858. The van der Waals surface area contributed by atoms with Gasteiger partial charge in [0.25, 0.3) is 0 Å². The molecule has 0 saturated carbocycles. The van der Waals surface area contributed by atoms with E-state index in [4.69, 9.17) is 0 Å². The first-order valence-electron chi connectivity index (χ1n) is 2.57. The number of hydrogen-bond donors (Lipinski definition) is 0. The lowest BCUT2D eigenvalue weighted by atomic mass is 10.2. The third kappa shape index (κ3) is 1.32. The van der Waals surface area contributed by atoms with Crippen LogP contribution in [0.15, 0.2) is 5.38 Å². The first-order valence-corrected chi connectivity index (χ1v) is 3.40. The predicted molar refractivity (Wildman–Crippen MR) is 34.4 cm³/mol. The zero-order valence-electron chi connectivity index (χ0n) is 4.94. The van der Waals surface area contributed by atoms with Crippen LogP contribution in [0.5, 0.6) is 0 Å². The SMILES string of the molecule is CC(C=O)c1csnn1. The van der Waals surface area contributed by atoms with Gasteiger partial charge in [0.05, 0.1) is 11.6 Å². The van der Waals surface area contributed by atoms with E-state index in [1.54, 1.807) is 12.3 Å². The minimum absolute atomic E-state index is 0.108. The highest BCUT2D eigenvalue weighted by molar-refractivity contribution is 7.03. The number of carbonyl (C=O) groups excluding carboxylic acids is 1.